The summed E-state index contributed by atoms with van der Waals surface area (Å²) in [6.45, 7) is 1.87. The quantitative estimate of drug-likeness (QED) is 0.527. The van der Waals surface area contributed by atoms with Gasteiger partial charge < -0.3 is 15.3 Å². The van der Waals surface area contributed by atoms with E-state index in [-0.39, 0.29) is 11.6 Å². The second kappa shape index (κ2) is 5.57. The first-order valence-electron chi connectivity index (χ1n) is 7.22. The van der Waals surface area contributed by atoms with Crippen molar-refractivity contribution in [3.63, 3.8) is 0 Å². The van der Waals surface area contributed by atoms with Crippen molar-refractivity contribution in [2.75, 3.05) is 5.32 Å². The van der Waals surface area contributed by atoms with E-state index in [4.69, 9.17) is 11.6 Å². The summed E-state index contributed by atoms with van der Waals surface area (Å²) in [7, 11) is 0. The van der Waals surface area contributed by atoms with E-state index in [1.54, 1.807) is 24.5 Å². The summed E-state index contributed by atoms with van der Waals surface area (Å²) in [5.74, 6) is 1.04. The topological polar surface area (TPSA) is 112 Å². The molecule has 3 aromatic heterocycles. The van der Waals surface area contributed by atoms with E-state index in [2.05, 4.69) is 35.2 Å². The van der Waals surface area contributed by atoms with E-state index in [1.165, 1.54) is 6.33 Å². The van der Waals surface area contributed by atoms with Crippen molar-refractivity contribution in [3.8, 4) is 0 Å². The van der Waals surface area contributed by atoms with Gasteiger partial charge in [0.1, 0.15) is 17.7 Å². The number of hydrogen-bond donors (Lipinski definition) is 3. The highest BCUT2D eigenvalue weighted by Gasteiger charge is 2.15. The third-order valence-electron chi connectivity index (χ3n) is 3.68. The van der Waals surface area contributed by atoms with Crippen LogP contribution in [-0.4, -0.2) is 29.9 Å². The van der Waals surface area contributed by atoms with Gasteiger partial charge in [0, 0.05) is 0 Å². The predicted octanol–water partition coefficient (Wildman–Crippen LogP) is 2.42. The van der Waals surface area contributed by atoms with Gasteiger partial charge in [0.2, 0.25) is 0 Å². The van der Waals surface area contributed by atoms with Crippen LogP contribution in [0.1, 0.15) is 18.8 Å². The van der Waals surface area contributed by atoms with Crippen molar-refractivity contribution in [2.24, 2.45) is 0 Å². The highest BCUT2D eigenvalue weighted by Crippen LogP contribution is 2.22. The second-order valence-electron chi connectivity index (χ2n) is 5.27. The lowest BCUT2D eigenvalue weighted by atomic mass is 10.2. The zero-order chi connectivity index (χ0) is 16.7. The first kappa shape index (κ1) is 14.6. The fraction of sp³-hybridized carbons (Fsp3) is 0.133. The van der Waals surface area contributed by atoms with Gasteiger partial charge in [-0.1, -0.05) is 17.7 Å². The molecule has 0 spiro atoms. The van der Waals surface area contributed by atoms with Crippen LogP contribution in [0.4, 0.5) is 5.82 Å². The van der Waals surface area contributed by atoms with Gasteiger partial charge in [-0.05, 0) is 19.1 Å². The minimum atomic E-state index is -0.295. The number of nitrogens with zero attached hydrogens (tertiary/aromatic N) is 4. The van der Waals surface area contributed by atoms with Crippen LogP contribution in [0.2, 0.25) is 5.02 Å². The van der Waals surface area contributed by atoms with Gasteiger partial charge in [-0.15, -0.1) is 0 Å². The maximum absolute atomic E-state index is 12.3. The molecule has 0 aliphatic heterocycles. The molecule has 4 rings (SSSR count). The lowest BCUT2D eigenvalue weighted by molar-refractivity contribution is 0.786. The van der Waals surface area contributed by atoms with Gasteiger partial charge in [0.15, 0.2) is 11.5 Å². The summed E-state index contributed by atoms with van der Waals surface area (Å²) in [4.78, 5) is 35.0. The van der Waals surface area contributed by atoms with Crippen LogP contribution < -0.4 is 10.9 Å². The molecule has 120 valence electrons. The number of halogens is 1. The number of H-pyrrole nitrogens is 2. The number of rotatable bonds is 3. The minimum Gasteiger partial charge on any atom is -0.358 e. The summed E-state index contributed by atoms with van der Waals surface area (Å²) in [6.07, 6.45) is 2.99. The van der Waals surface area contributed by atoms with E-state index < -0.39 is 0 Å². The van der Waals surface area contributed by atoms with Crippen LogP contribution in [-0.2, 0) is 0 Å². The maximum atomic E-state index is 12.3. The van der Waals surface area contributed by atoms with Gasteiger partial charge in [-0.3, -0.25) is 4.79 Å². The molecular formula is C15H12ClN7O. The summed E-state index contributed by atoms with van der Waals surface area (Å²) in [5.41, 5.74) is 1.52. The largest absolute Gasteiger partial charge is 0.358 e. The zero-order valence-electron chi connectivity index (χ0n) is 12.5. The average Bonchev–Trinajstić information content (AvgIpc) is 3.04. The lowest BCUT2D eigenvalue weighted by Crippen LogP contribution is -2.18. The fourth-order valence-corrected chi connectivity index (χ4v) is 2.77. The average molecular weight is 342 g/mol. The molecular weight excluding hydrogens is 330 g/mol. The first-order valence-corrected chi connectivity index (χ1v) is 7.60. The molecule has 9 heteroatoms. The molecule has 0 aliphatic rings. The Morgan fingerprint density at radius 1 is 1.25 bits per heavy atom. The number of benzene rings is 1. The molecule has 3 heterocycles. The van der Waals surface area contributed by atoms with Crippen molar-refractivity contribution < 1.29 is 0 Å². The standard InChI is InChI=1S/C15H12ClN7O/c1-7(21-14-11-13(18-5-17-11)19-6-20-14)12-22-9-4-2-3-8(16)10(9)15(24)23-12/h2-7H,1H3,(H,22,23,24)(H2,17,18,19,20,21). The van der Waals surface area contributed by atoms with Crippen LogP contribution in [0.5, 0.6) is 0 Å². The van der Waals surface area contributed by atoms with Crippen LogP contribution in [0, 0.1) is 0 Å². The van der Waals surface area contributed by atoms with Gasteiger partial charge in [0.25, 0.3) is 5.56 Å². The molecule has 0 aliphatic carbocycles. The number of imidazole rings is 1. The number of anilines is 1. The van der Waals surface area contributed by atoms with E-state index in [9.17, 15) is 4.79 Å². The van der Waals surface area contributed by atoms with Gasteiger partial charge in [-0.25, -0.2) is 19.9 Å². The van der Waals surface area contributed by atoms with Crippen LogP contribution >= 0.6 is 11.6 Å². The number of fused-ring (bicyclic) bond motifs is 2. The Labute approximate surface area is 140 Å². The number of hydrogen-bond acceptors (Lipinski definition) is 6. The molecule has 0 saturated carbocycles. The van der Waals surface area contributed by atoms with Crippen LogP contribution in [0.25, 0.3) is 22.1 Å². The van der Waals surface area contributed by atoms with E-state index in [1.807, 2.05) is 6.92 Å². The van der Waals surface area contributed by atoms with Crippen molar-refractivity contribution in [1.82, 2.24) is 29.9 Å². The molecule has 1 aromatic carbocycles. The van der Waals surface area contributed by atoms with Crippen molar-refractivity contribution in [2.45, 2.75) is 13.0 Å². The Hall–Kier alpha value is -3.00. The molecule has 0 fully saturated rings. The molecule has 0 bridgehead atoms. The minimum absolute atomic E-state index is 0.276. The van der Waals surface area contributed by atoms with Crippen LogP contribution in [0.3, 0.4) is 0 Å². The Morgan fingerprint density at radius 3 is 3.00 bits per heavy atom. The number of aromatic amines is 2. The van der Waals surface area contributed by atoms with E-state index in [0.717, 1.165) is 0 Å². The van der Waals surface area contributed by atoms with Gasteiger partial charge in [0.05, 0.1) is 28.3 Å². The summed E-state index contributed by atoms with van der Waals surface area (Å²) in [5, 5.41) is 3.95. The molecule has 0 radical (unpaired) electrons. The van der Waals surface area contributed by atoms with Gasteiger partial charge in [-0.2, -0.15) is 0 Å². The summed E-state index contributed by atoms with van der Waals surface area (Å²) >= 11 is 6.07. The Balaban J connectivity index is 1.75. The Bertz CT molecular complexity index is 1100. The normalized spacial score (nSPS) is 12.6. The molecule has 24 heavy (non-hydrogen) atoms. The van der Waals surface area contributed by atoms with Crippen molar-refractivity contribution >= 4 is 39.5 Å². The lowest BCUT2D eigenvalue weighted by Gasteiger charge is -2.14. The third-order valence-corrected chi connectivity index (χ3v) is 4.00. The number of nitrogens with one attached hydrogen (secondary N) is 3. The zero-order valence-corrected chi connectivity index (χ0v) is 13.3. The molecule has 0 saturated heterocycles. The highest BCUT2D eigenvalue weighted by molar-refractivity contribution is 6.35. The van der Waals surface area contributed by atoms with Crippen molar-refractivity contribution in [3.05, 3.63) is 52.1 Å². The molecule has 8 nitrogen and oxygen atoms in total. The fourth-order valence-electron chi connectivity index (χ4n) is 2.52. The SMILES string of the molecule is CC(Nc1ncnc2[nH]cnc12)c1nc2cccc(Cl)c2c(=O)[nH]1. The monoisotopic (exact) mass is 341 g/mol. The second-order valence-corrected chi connectivity index (χ2v) is 5.68. The van der Waals surface area contributed by atoms with E-state index in [0.29, 0.717) is 38.7 Å². The third kappa shape index (κ3) is 2.37. The number of aromatic nitrogens is 6. The molecule has 1 atom stereocenters. The molecule has 4 aromatic rings. The molecule has 3 N–H and O–H groups in total. The smallest absolute Gasteiger partial charge is 0.260 e. The Kier molecular flexibility index (Phi) is 3.39. The molecule has 0 amide bonds. The van der Waals surface area contributed by atoms with Crippen molar-refractivity contribution in [1.29, 1.82) is 0 Å². The van der Waals surface area contributed by atoms with E-state index >= 15 is 0 Å². The highest BCUT2D eigenvalue weighted by atomic mass is 35.5. The summed E-state index contributed by atoms with van der Waals surface area (Å²) in [6, 6.07) is 4.88. The predicted molar refractivity (Wildman–Crippen MR) is 91.1 cm³/mol. The van der Waals surface area contributed by atoms with Gasteiger partial charge >= 0.3 is 0 Å². The first-order chi connectivity index (χ1) is 11.6. The van der Waals surface area contributed by atoms with Crippen LogP contribution in [0.15, 0.2) is 35.6 Å². The summed E-state index contributed by atoms with van der Waals surface area (Å²) < 4.78 is 0. The molecule has 1 unspecified atom stereocenters. The Morgan fingerprint density at radius 2 is 2.12 bits per heavy atom. The maximum Gasteiger partial charge on any atom is 0.260 e.